The van der Waals surface area contributed by atoms with Crippen LogP contribution in [0.15, 0.2) is 54.6 Å². The summed E-state index contributed by atoms with van der Waals surface area (Å²) in [5, 5.41) is 4.51. The molecule has 0 saturated carbocycles. The standard InChI is InChI=1S/C27H30Cl3N3O/c1-5-31-23-12-13-24(30)32-25(23)26(34)33(15-14-18-8-11-21(28)22(29)16-18)17-19-6-9-20(10-7-19)27(2,3)4/h6-13,16,31H,5,14-15,17H2,1-4H3. The fourth-order valence-corrected chi connectivity index (χ4v) is 4.09. The SMILES string of the molecule is CCNc1ccc(Cl)nc1C(=O)N(CCc1ccc(Cl)c(Cl)c1)Cc1ccc(C(C)(C)C)cc1. The number of hydrogen-bond acceptors (Lipinski definition) is 3. The van der Waals surface area contributed by atoms with E-state index in [4.69, 9.17) is 34.8 Å². The van der Waals surface area contributed by atoms with Gasteiger partial charge in [0.1, 0.15) is 5.15 Å². The van der Waals surface area contributed by atoms with Gasteiger partial charge in [-0.25, -0.2) is 4.98 Å². The smallest absolute Gasteiger partial charge is 0.274 e. The summed E-state index contributed by atoms with van der Waals surface area (Å²) in [5.74, 6) is -0.182. The normalized spacial score (nSPS) is 11.4. The minimum atomic E-state index is -0.182. The zero-order valence-corrected chi connectivity index (χ0v) is 22.2. The Morgan fingerprint density at radius 2 is 1.62 bits per heavy atom. The van der Waals surface area contributed by atoms with Gasteiger partial charge in [-0.15, -0.1) is 0 Å². The highest BCUT2D eigenvalue weighted by molar-refractivity contribution is 6.42. The molecule has 1 amide bonds. The molecule has 0 saturated heterocycles. The van der Waals surface area contributed by atoms with Crippen LogP contribution in [0.2, 0.25) is 15.2 Å². The van der Waals surface area contributed by atoms with Crippen molar-refractivity contribution in [3.05, 3.63) is 92.2 Å². The third-order valence-corrected chi connectivity index (χ3v) is 6.52. The quantitative estimate of drug-likeness (QED) is 0.311. The number of anilines is 1. The lowest BCUT2D eigenvalue weighted by molar-refractivity contribution is 0.0740. The average molecular weight is 519 g/mol. The van der Waals surface area contributed by atoms with Crippen LogP contribution in [0.3, 0.4) is 0 Å². The highest BCUT2D eigenvalue weighted by Crippen LogP contribution is 2.25. The van der Waals surface area contributed by atoms with Gasteiger partial charge in [0, 0.05) is 19.6 Å². The number of amides is 1. The predicted molar refractivity (Wildman–Crippen MR) is 143 cm³/mol. The monoisotopic (exact) mass is 517 g/mol. The second kappa shape index (κ2) is 11.4. The Balaban J connectivity index is 1.90. The van der Waals surface area contributed by atoms with E-state index in [1.54, 1.807) is 23.1 Å². The lowest BCUT2D eigenvalue weighted by Crippen LogP contribution is -2.33. The number of aromatic nitrogens is 1. The van der Waals surface area contributed by atoms with E-state index in [0.717, 1.165) is 11.1 Å². The molecule has 4 nitrogen and oxygen atoms in total. The summed E-state index contributed by atoms with van der Waals surface area (Å²) in [7, 11) is 0. The zero-order valence-electron chi connectivity index (χ0n) is 20.0. The number of carbonyl (C=O) groups excluding carboxylic acids is 1. The molecule has 0 unspecified atom stereocenters. The number of hydrogen-bond donors (Lipinski definition) is 1. The summed E-state index contributed by atoms with van der Waals surface area (Å²) in [6.45, 7) is 10.1. The fourth-order valence-electron chi connectivity index (χ4n) is 3.62. The summed E-state index contributed by atoms with van der Waals surface area (Å²) >= 11 is 18.4. The van der Waals surface area contributed by atoms with Crippen molar-refractivity contribution in [1.82, 2.24) is 9.88 Å². The molecule has 34 heavy (non-hydrogen) atoms. The Hall–Kier alpha value is -2.27. The van der Waals surface area contributed by atoms with Crippen LogP contribution in [-0.4, -0.2) is 28.9 Å². The second-order valence-electron chi connectivity index (χ2n) is 9.23. The van der Waals surface area contributed by atoms with Crippen LogP contribution in [0.1, 0.15) is 54.9 Å². The van der Waals surface area contributed by atoms with Crippen LogP contribution in [0.4, 0.5) is 5.69 Å². The van der Waals surface area contributed by atoms with Gasteiger partial charge in [0.15, 0.2) is 5.69 Å². The van der Waals surface area contributed by atoms with Gasteiger partial charge in [0.05, 0.1) is 15.7 Å². The van der Waals surface area contributed by atoms with Crippen LogP contribution in [0, 0.1) is 0 Å². The predicted octanol–water partition coefficient (Wildman–Crippen LogP) is 7.66. The van der Waals surface area contributed by atoms with Crippen molar-refractivity contribution in [3.8, 4) is 0 Å². The molecule has 3 rings (SSSR count). The van der Waals surface area contributed by atoms with Gasteiger partial charge < -0.3 is 10.2 Å². The molecule has 0 atom stereocenters. The third-order valence-electron chi connectivity index (χ3n) is 5.57. The van der Waals surface area contributed by atoms with Crippen LogP contribution in [0.5, 0.6) is 0 Å². The first-order chi connectivity index (χ1) is 16.1. The number of rotatable bonds is 8. The van der Waals surface area contributed by atoms with E-state index in [9.17, 15) is 4.79 Å². The van der Waals surface area contributed by atoms with Gasteiger partial charge in [0.2, 0.25) is 0 Å². The van der Waals surface area contributed by atoms with Gasteiger partial charge in [-0.2, -0.15) is 0 Å². The topological polar surface area (TPSA) is 45.2 Å². The van der Waals surface area contributed by atoms with Gasteiger partial charge >= 0.3 is 0 Å². The van der Waals surface area contributed by atoms with Gasteiger partial charge in [0.25, 0.3) is 5.91 Å². The summed E-state index contributed by atoms with van der Waals surface area (Å²) in [4.78, 5) is 19.8. The first kappa shape index (κ1) is 26.3. The lowest BCUT2D eigenvalue weighted by atomic mass is 9.87. The maximum absolute atomic E-state index is 13.7. The molecule has 0 spiro atoms. The molecule has 1 heterocycles. The van der Waals surface area contributed by atoms with E-state index >= 15 is 0 Å². The Morgan fingerprint density at radius 3 is 2.24 bits per heavy atom. The number of nitrogens with zero attached hydrogens (tertiary/aromatic N) is 2. The second-order valence-corrected chi connectivity index (χ2v) is 10.4. The summed E-state index contributed by atoms with van der Waals surface area (Å²) in [5.41, 5.74) is 4.33. The minimum Gasteiger partial charge on any atom is -0.383 e. The molecule has 0 bridgehead atoms. The van der Waals surface area contributed by atoms with Gasteiger partial charge in [-0.05, 0) is 59.7 Å². The maximum atomic E-state index is 13.7. The molecule has 1 N–H and O–H groups in total. The lowest BCUT2D eigenvalue weighted by Gasteiger charge is -2.25. The van der Waals surface area contributed by atoms with Gasteiger partial charge in [-0.3, -0.25) is 4.79 Å². The van der Waals surface area contributed by atoms with Crippen LogP contribution in [0.25, 0.3) is 0 Å². The molecule has 0 aliphatic heterocycles. The van der Waals surface area contributed by atoms with Crippen molar-refractivity contribution in [2.24, 2.45) is 0 Å². The zero-order chi connectivity index (χ0) is 24.9. The largest absolute Gasteiger partial charge is 0.383 e. The highest BCUT2D eigenvalue weighted by Gasteiger charge is 2.22. The molecule has 0 radical (unpaired) electrons. The Bertz CT molecular complexity index is 1140. The van der Waals surface area contributed by atoms with Crippen LogP contribution < -0.4 is 5.32 Å². The molecule has 2 aromatic carbocycles. The first-order valence-corrected chi connectivity index (χ1v) is 12.4. The first-order valence-electron chi connectivity index (χ1n) is 11.3. The summed E-state index contributed by atoms with van der Waals surface area (Å²) in [6, 6.07) is 17.4. The van der Waals surface area contributed by atoms with Crippen molar-refractivity contribution >= 4 is 46.4 Å². The summed E-state index contributed by atoms with van der Waals surface area (Å²) in [6.07, 6.45) is 0.625. The summed E-state index contributed by atoms with van der Waals surface area (Å²) < 4.78 is 0. The number of pyridine rings is 1. The van der Waals surface area contributed by atoms with Crippen LogP contribution in [-0.2, 0) is 18.4 Å². The van der Waals surface area contributed by atoms with E-state index in [2.05, 4.69) is 55.3 Å². The van der Waals surface area contributed by atoms with Crippen LogP contribution >= 0.6 is 34.8 Å². The average Bonchev–Trinajstić information content (AvgIpc) is 2.79. The minimum absolute atomic E-state index is 0.0628. The van der Waals surface area contributed by atoms with Crippen molar-refractivity contribution in [1.29, 1.82) is 0 Å². The highest BCUT2D eigenvalue weighted by atomic mass is 35.5. The van der Waals surface area contributed by atoms with E-state index < -0.39 is 0 Å². The van der Waals surface area contributed by atoms with Crippen molar-refractivity contribution in [2.75, 3.05) is 18.4 Å². The number of carbonyl (C=O) groups is 1. The maximum Gasteiger partial charge on any atom is 0.274 e. The molecule has 0 fully saturated rings. The number of halogens is 3. The van der Waals surface area contributed by atoms with Crippen molar-refractivity contribution in [2.45, 2.75) is 46.1 Å². The van der Waals surface area contributed by atoms with E-state index in [-0.39, 0.29) is 16.5 Å². The molecule has 0 aliphatic carbocycles. The molecule has 7 heteroatoms. The molecular weight excluding hydrogens is 489 g/mol. The van der Waals surface area contributed by atoms with Crippen molar-refractivity contribution < 1.29 is 4.79 Å². The molecule has 3 aromatic rings. The van der Waals surface area contributed by atoms with E-state index in [1.165, 1.54) is 5.56 Å². The Morgan fingerprint density at radius 1 is 0.941 bits per heavy atom. The van der Waals surface area contributed by atoms with Crippen molar-refractivity contribution in [3.63, 3.8) is 0 Å². The van der Waals surface area contributed by atoms with E-state index in [0.29, 0.717) is 47.5 Å². The van der Waals surface area contributed by atoms with Gasteiger partial charge in [-0.1, -0.05) is 85.9 Å². The Kier molecular flexibility index (Phi) is 8.86. The fraction of sp³-hybridized carbons (Fsp3) is 0.333. The Labute approximate surface area is 217 Å². The molecule has 180 valence electrons. The molecule has 1 aromatic heterocycles. The number of nitrogens with one attached hydrogen (secondary N) is 1. The third kappa shape index (κ3) is 6.88. The number of benzene rings is 2. The molecule has 0 aliphatic rings. The van der Waals surface area contributed by atoms with E-state index in [1.807, 2.05) is 19.1 Å². The molecular formula is C27H30Cl3N3O.